The number of amides is 2. The van der Waals surface area contributed by atoms with E-state index in [1.807, 2.05) is 0 Å². The Kier molecular flexibility index (Phi) is 8.49. The van der Waals surface area contributed by atoms with Crippen LogP contribution in [0.3, 0.4) is 0 Å². The maximum atomic E-state index is 12.3. The number of carbonyl (C=O) groups excluding carboxylic acids is 3. The third kappa shape index (κ3) is 6.69. The fourth-order valence-electron chi connectivity index (χ4n) is 2.41. The van der Waals surface area contributed by atoms with Gasteiger partial charge in [-0.25, -0.2) is 4.79 Å². The molecule has 0 aliphatic heterocycles. The number of carbonyl (C=O) groups is 3. The maximum absolute atomic E-state index is 12.3. The van der Waals surface area contributed by atoms with Crippen LogP contribution in [-0.4, -0.2) is 51.9 Å². The van der Waals surface area contributed by atoms with Crippen LogP contribution in [0.15, 0.2) is 42.5 Å². The Morgan fingerprint density at radius 2 is 1.30 bits per heavy atom. The standard InChI is InChI=1S/C21H24N2O7/c1-4-29-21(26)30-16-7-5-14(6-8-16)19(24)22-9-10-23-20(25)15-11-17(27-2)13-18(12-15)28-3/h5-8,11-13H,4,9-10H2,1-3H3,(H,22,24)(H,23,25). The molecule has 0 heterocycles. The van der Waals surface area contributed by atoms with Gasteiger partial charge in [0, 0.05) is 30.3 Å². The Morgan fingerprint density at radius 3 is 1.80 bits per heavy atom. The first-order valence-electron chi connectivity index (χ1n) is 9.21. The minimum atomic E-state index is -0.806. The van der Waals surface area contributed by atoms with E-state index < -0.39 is 6.16 Å². The summed E-state index contributed by atoms with van der Waals surface area (Å²) < 4.78 is 19.9. The summed E-state index contributed by atoms with van der Waals surface area (Å²) in [6.07, 6.45) is -0.806. The van der Waals surface area contributed by atoms with Crippen molar-refractivity contribution in [2.24, 2.45) is 0 Å². The number of benzene rings is 2. The van der Waals surface area contributed by atoms with Crippen LogP contribution in [0.25, 0.3) is 0 Å². The summed E-state index contributed by atoms with van der Waals surface area (Å²) in [6.45, 7) is 2.34. The van der Waals surface area contributed by atoms with E-state index in [0.717, 1.165) is 0 Å². The second-order valence-electron chi connectivity index (χ2n) is 5.92. The molecule has 2 aromatic carbocycles. The molecule has 2 N–H and O–H groups in total. The van der Waals surface area contributed by atoms with Gasteiger partial charge in [-0.05, 0) is 43.3 Å². The highest BCUT2D eigenvalue weighted by atomic mass is 16.7. The Bertz CT molecular complexity index is 859. The van der Waals surface area contributed by atoms with Crippen LogP contribution >= 0.6 is 0 Å². The minimum absolute atomic E-state index is 0.210. The molecule has 2 amide bonds. The molecule has 160 valence electrons. The molecule has 0 aliphatic carbocycles. The number of hydrogen-bond acceptors (Lipinski definition) is 7. The van der Waals surface area contributed by atoms with Crippen LogP contribution in [-0.2, 0) is 4.74 Å². The van der Waals surface area contributed by atoms with Gasteiger partial charge in [0.1, 0.15) is 17.2 Å². The lowest BCUT2D eigenvalue weighted by Gasteiger charge is -2.10. The van der Waals surface area contributed by atoms with E-state index in [2.05, 4.69) is 15.4 Å². The van der Waals surface area contributed by atoms with E-state index in [0.29, 0.717) is 22.6 Å². The quantitative estimate of drug-likeness (QED) is 0.367. The fraction of sp³-hybridized carbons (Fsp3) is 0.286. The molecule has 30 heavy (non-hydrogen) atoms. The number of hydrogen-bond donors (Lipinski definition) is 2. The SMILES string of the molecule is CCOC(=O)Oc1ccc(C(=O)NCCNC(=O)c2cc(OC)cc(OC)c2)cc1. The topological polar surface area (TPSA) is 112 Å². The van der Waals surface area contributed by atoms with Gasteiger partial charge in [-0.3, -0.25) is 9.59 Å². The van der Waals surface area contributed by atoms with Gasteiger partial charge in [0.05, 0.1) is 20.8 Å². The zero-order chi connectivity index (χ0) is 21.9. The predicted octanol–water partition coefficient (Wildman–Crippen LogP) is 2.40. The Morgan fingerprint density at radius 1 is 0.767 bits per heavy atom. The Balaban J connectivity index is 1.80. The van der Waals surface area contributed by atoms with Crippen molar-refractivity contribution in [2.75, 3.05) is 33.9 Å². The smallest absolute Gasteiger partial charge is 0.497 e. The van der Waals surface area contributed by atoms with E-state index in [4.69, 9.17) is 14.2 Å². The molecule has 9 heteroatoms. The van der Waals surface area contributed by atoms with Crippen LogP contribution in [0.5, 0.6) is 17.2 Å². The summed E-state index contributed by atoms with van der Waals surface area (Å²) in [5.41, 5.74) is 0.768. The van der Waals surface area contributed by atoms with Crippen molar-refractivity contribution in [1.29, 1.82) is 0 Å². The minimum Gasteiger partial charge on any atom is -0.497 e. The summed E-state index contributed by atoms with van der Waals surface area (Å²) in [6, 6.07) is 10.9. The molecule has 0 atom stereocenters. The zero-order valence-corrected chi connectivity index (χ0v) is 17.0. The molecule has 0 saturated heterocycles. The molecule has 9 nitrogen and oxygen atoms in total. The highest BCUT2D eigenvalue weighted by molar-refractivity contribution is 5.95. The van der Waals surface area contributed by atoms with Crippen molar-refractivity contribution in [3.05, 3.63) is 53.6 Å². The molecule has 0 saturated carbocycles. The van der Waals surface area contributed by atoms with E-state index >= 15 is 0 Å². The molecular formula is C21H24N2O7. The number of ether oxygens (including phenoxy) is 4. The third-order valence-corrected chi connectivity index (χ3v) is 3.89. The van der Waals surface area contributed by atoms with Gasteiger partial charge >= 0.3 is 6.16 Å². The van der Waals surface area contributed by atoms with Crippen molar-refractivity contribution >= 4 is 18.0 Å². The molecule has 0 aromatic heterocycles. The number of nitrogens with one attached hydrogen (secondary N) is 2. The van der Waals surface area contributed by atoms with Crippen LogP contribution < -0.4 is 24.8 Å². The summed E-state index contributed by atoms with van der Waals surface area (Å²) in [7, 11) is 3.00. The van der Waals surface area contributed by atoms with Gasteiger partial charge in [-0.1, -0.05) is 0 Å². The summed E-state index contributed by atoms with van der Waals surface area (Å²) in [5, 5.41) is 5.41. The molecule has 0 spiro atoms. The molecule has 0 radical (unpaired) electrons. The lowest BCUT2D eigenvalue weighted by Crippen LogP contribution is -2.34. The third-order valence-electron chi connectivity index (χ3n) is 3.89. The lowest BCUT2D eigenvalue weighted by molar-refractivity contribution is 0.0927. The molecule has 0 aliphatic rings. The second kappa shape index (κ2) is 11.3. The van der Waals surface area contributed by atoms with Gasteiger partial charge in [0.2, 0.25) is 0 Å². The van der Waals surface area contributed by atoms with Gasteiger partial charge in [0.15, 0.2) is 0 Å². The second-order valence-corrected chi connectivity index (χ2v) is 5.92. The van der Waals surface area contributed by atoms with Gasteiger partial charge < -0.3 is 29.6 Å². The van der Waals surface area contributed by atoms with Gasteiger partial charge in [-0.2, -0.15) is 0 Å². The van der Waals surface area contributed by atoms with E-state index in [-0.39, 0.29) is 37.3 Å². The van der Waals surface area contributed by atoms with Crippen molar-refractivity contribution in [1.82, 2.24) is 10.6 Å². The van der Waals surface area contributed by atoms with Crippen molar-refractivity contribution in [3.8, 4) is 17.2 Å². The summed E-state index contributed by atoms with van der Waals surface area (Å²) in [4.78, 5) is 35.7. The average Bonchev–Trinajstić information content (AvgIpc) is 2.76. The van der Waals surface area contributed by atoms with Crippen molar-refractivity contribution < 1.29 is 33.3 Å². The average molecular weight is 416 g/mol. The van der Waals surface area contributed by atoms with Crippen LogP contribution in [0.4, 0.5) is 4.79 Å². The normalized spacial score (nSPS) is 9.97. The fourth-order valence-corrected chi connectivity index (χ4v) is 2.41. The predicted molar refractivity (Wildman–Crippen MR) is 108 cm³/mol. The number of rotatable bonds is 9. The first-order valence-corrected chi connectivity index (χ1v) is 9.21. The van der Waals surface area contributed by atoms with Gasteiger partial charge in [0.25, 0.3) is 11.8 Å². The molecule has 2 rings (SSSR count). The van der Waals surface area contributed by atoms with E-state index in [9.17, 15) is 14.4 Å². The van der Waals surface area contributed by atoms with Crippen LogP contribution in [0.1, 0.15) is 27.6 Å². The number of methoxy groups -OCH3 is 2. The maximum Gasteiger partial charge on any atom is 0.513 e. The van der Waals surface area contributed by atoms with E-state index in [1.165, 1.54) is 38.5 Å². The largest absolute Gasteiger partial charge is 0.513 e. The highest BCUT2D eigenvalue weighted by Gasteiger charge is 2.11. The first-order chi connectivity index (χ1) is 14.5. The van der Waals surface area contributed by atoms with Crippen molar-refractivity contribution in [3.63, 3.8) is 0 Å². The molecule has 0 bridgehead atoms. The molecule has 0 unspecified atom stereocenters. The monoisotopic (exact) mass is 416 g/mol. The molecule has 0 fully saturated rings. The first kappa shape index (κ1) is 22.5. The summed E-state index contributed by atoms with van der Waals surface area (Å²) in [5.74, 6) is 0.634. The highest BCUT2D eigenvalue weighted by Crippen LogP contribution is 2.22. The zero-order valence-electron chi connectivity index (χ0n) is 17.0. The Labute approximate surface area is 174 Å². The van der Waals surface area contributed by atoms with E-state index in [1.54, 1.807) is 25.1 Å². The van der Waals surface area contributed by atoms with Crippen LogP contribution in [0.2, 0.25) is 0 Å². The van der Waals surface area contributed by atoms with Crippen molar-refractivity contribution in [2.45, 2.75) is 6.92 Å². The molecular weight excluding hydrogens is 392 g/mol. The lowest BCUT2D eigenvalue weighted by atomic mass is 10.2. The Hall–Kier alpha value is -3.75. The molecule has 2 aromatic rings. The summed E-state index contributed by atoms with van der Waals surface area (Å²) >= 11 is 0. The van der Waals surface area contributed by atoms with Gasteiger partial charge in [-0.15, -0.1) is 0 Å². The van der Waals surface area contributed by atoms with Crippen LogP contribution in [0, 0.1) is 0 Å².